The molecule has 3 heterocycles. The molecule has 87 heavy (non-hydrogen) atoms. The van der Waals surface area contributed by atoms with E-state index in [1.807, 2.05) is 0 Å². The van der Waals surface area contributed by atoms with Gasteiger partial charge in [0.2, 0.25) is 5.91 Å². The van der Waals surface area contributed by atoms with E-state index in [0.29, 0.717) is 12.8 Å². The van der Waals surface area contributed by atoms with Gasteiger partial charge in [-0.05, 0) is 12.8 Å². The molecule has 0 bridgehead atoms. The number of hydrogen-bond donors (Lipinski definition) is 12. The Morgan fingerprint density at radius 1 is 0.368 bits per heavy atom. The largest absolute Gasteiger partial charge is 0.394 e. The summed E-state index contributed by atoms with van der Waals surface area (Å²) in [6.07, 6.45) is 27.7. The molecule has 516 valence electrons. The summed E-state index contributed by atoms with van der Waals surface area (Å²) in [6, 6.07) is -0.881. The van der Waals surface area contributed by atoms with E-state index in [1.54, 1.807) is 0 Å². The van der Waals surface area contributed by atoms with Crippen LogP contribution < -0.4 is 5.32 Å². The van der Waals surface area contributed by atoms with Crippen molar-refractivity contribution in [1.29, 1.82) is 0 Å². The highest BCUT2D eigenvalue weighted by atomic mass is 16.8. The van der Waals surface area contributed by atoms with Crippen molar-refractivity contribution in [3.63, 3.8) is 0 Å². The first-order chi connectivity index (χ1) is 42.3. The van der Waals surface area contributed by atoms with Crippen molar-refractivity contribution in [3.8, 4) is 0 Å². The van der Waals surface area contributed by atoms with Gasteiger partial charge in [0.25, 0.3) is 0 Å². The smallest absolute Gasteiger partial charge is 0.220 e. The molecular formula is C68H131NO18. The summed E-state index contributed by atoms with van der Waals surface area (Å²) >= 11 is 0. The number of unbranched alkanes of at least 4 members (excludes halogenated alkanes) is 40. The number of amides is 1. The molecule has 3 aliphatic heterocycles. The molecule has 19 heteroatoms. The molecule has 0 radical (unpaired) electrons. The predicted molar refractivity (Wildman–Crippen MR) is 337 cm³/mol. The standard InChI is InChI=1S/C68H131NO18/c1-3-5-7-9-11-13-15-17-19-20-21-22-23-24-25-26-27-28-29-30-31-32-34-36-38-40-42-44-46-56(74)69-51(52(73)45-43-41-39-37-35-33-18-16-14-12-10-8-6-4-2)50-82-66-62(80)59(77)64(54(48-71)84-66)87-68-63(81)60(78)65(55(49-72)85-68)86-67-61(79)58(76)57(75)53(47-70)83-67/h51-55,57-68,70-73,75-81H,3-50H2,1-2H3,(H,69,74). The Morgan fingerprint density at radius 3 is 1.00 bits per heavy atom. The van der Waals surface area contributed by atoms with Gasteiger partial charge in [-0.15, -0.1) is 0 Å². The van der Waals surface area contributed by atoms with Gasteiger partial charge >= 0.3 is 0 Å². The fourth-order valence-electron chi connectivity index (χ4n) is 12.6. The Kier molecular flexibility index (Phi) is 47.1. The summed E-state index contributed by atoms with van der Waals surface area (Å²) in [4.78, 5) is 13.4. The molecule has 19 nitrogen and oxygen atoms in total. The van der Waals surface area contributed by atoms with Crippen molar-refractivity contribution >= 4 is 5.91 Å². The summed E-state index contributed by atoms with van der Waals surface area (Å²) < 4.78 is 34.4. The second-order valence-corrected chi connectivity index (χ2v) is 26.1. The fraction of sp³-hybridized carbons (Fsp3) is 0.985. The van der Waals surface area contributed by atoms with Crippen molar-refractivity contribution in [2.75, 3.05) is 26.4 Å². The summed E-state index contributed by atoms with van der Waals surface area (Å²) in [5.41, 5.74) is 0. The minimum Gasteiger partial charge on any atom is -0.394 e. The first kappa shape index (κ1) is 80.0. The van der Waals surface area contributed by atoms with E-state index in [2.05, 4.69) is 19.2 Å². The number of aliphatic hydroxyl groups is 11. The van der Waals surface area contributed by atoms with Gasteiger partial charge in [-0.2, -0.15) is 0 Å². The van der Waals surface area contributed by atoms with Crippen LogP contribution in [0.25, 0.3) is 0 Å². The van der Waals surface area contributed by atoms with E-state index >= 15 is 0 Å². The lowest BCUT2D eigenvalue weighted by molar-refractivity contribution is -0.379. The van der Waals surface area contributed by atoms with E-state index in [-0.39, 0.29) is 18.9 Å². The van der Waals surface area contributed by atoms with Gasteiger partial charge in [0.1, 0.15) is 73.2 Å². The van der Waals surface area contributed by atoms with Crippen LogP contribution in [0.1, 0.15) is 296 Å². The van der Waals surface area contributed by atoms with E-state index in [1.165, 1.54) is 218 Å². The zero-order chi connectivity index (χ0) is 63.3. The molecule has 12 N–H and O–H groups in total. The number of ether oxygens (including phenoxy) is 6. The van der Waals surface area contributed by atoms with E-state index < -0.39 is 124 Å². The molecule has 1 amide bonds. The zero-order valence-corrected chi connectivity index (χ0v) is 54.5. The van der Waals surface area contributed by atoms with Crippen LogP contribution in [0, 0.1) is 0 Å². The van der Waals surface area contributed by atoms with Crippen molar-refractivity contribution in [1.82, 2.24) is 5.32 Å². The van der Waals surface area contributed by atoms with E-state index in [4.69, 9.17) is 28.4 Å². The van der Waals surface area contributed by atoms with Gasteiger partial charge in [-0.3, -0.25) is 4.79 Å². The van der Waals surface area contributed by atoms with Crippen LogP contribution in [-0.2, 0) is 33.2 Å². The van der Waals surface area contributed by atoms with Crippen LogP contribution in [0.5, 0.6) is 0 Å². The second kappa shape index (κ2) is 51.2. The number of carbonyl (C=O) groups is 1. The maximum Gasteiger partial charge on any atom is 0.220 e. The third-order valence-electron chi connectivity index (χ3n) is 18.4. The highest BCUT2D eigenvalue weighted by molar-refractivity contribution is 5.76. The Labute approximate surface area is 525 Å². The lowest BCUT2D eigenvalue weighted by Gasteiger charge is -2.48. The Morgan fingerprint density at radius 2 is 0.655 bits per heavy atom. The summed E-state index contributed by atoms with van der Waals surface area (Å²) in [7, 11) is 0. The molecule has 0 aromatic carbocycles. The number of nitrogens with one attached hydrogen (secondary N) is 1. The van der Waals surface area contributed by atoms with Crippen LogP contribution >= 0.6 is 0 Å². The molecule has 17 unspecified atom stereocenters. The zero-order valence-electron chi connectivity index (χ0n) is 54.5. The molecule has 3 fully saturated rings. The number of hydrogen-bond acceptors (Lipinski definition) is 18. The SMILES string of the molecule is CCCCCCCCCCCCCCCCCCCCCCCCCCCCCCC(=O)NC(COC1OC(CO)C(OC2OC(CO)C(OC3OC(CO)C(O)C(O)C3O)C(O)C2O)C(O)C1O)C(O)CCCCCCCCCCCCCCCC. The quantitative estimate of drug-likeness (QED) is 0.0252. The minimum atomic E-state index is -1.97. The summed E-state index contributed by atoms with van der Waals surface area (Å²) in [6.45, 7) is 1.84. The van der Waals surface area contributed by atoms with Crippen LogP contribution in [-0.4, -0.2) is 193 Å². The molecule has 3 saturated heterocycles. The molecule has 0 aliphatic carbocycles. The Bertz CT molecular complexity index is 1590. The van der Waals surface area contributed by atoms with Crippen molar-refractivity contribution in [2.24, 2.45) is 0 Å². The Balaban J connectivity index is 1.38. The highest BCUT2D eigenvalue weighted by Crippen LogP contribution is 2.33. The average molecular weight is 1250 g/mol. The maximum absolute atomic E-state index is 13.4. The molecule has 3 aliphatic rings. The molecule has 0 spiro atoms. The van der Waals surface area contributed by atoms with Crippen molar-refractivity contribution < 1.29 is 89.4 Å². The Hall–Kier alpha value is -1.21. The topological polar surface area (TPSA) is 307 Å². The minimum absolute atomic E-state index is 0.236. The second-order valence-electron chi connectivity index (χ2n) is 26.1. The summed E-state index contributed by atoms with van der Waals surface area (Å²) in [5, 5.41) is 121. The van der Waals surface area contributed by atoms with Gasteiger partial charge < -0.3 is 89.9 Å². The van der Waals surface area contributed by atoms with E-state index in [9.17, 15) is 61.0 Å². The lowest BCUT2D eigenvalue weighted by atomic mass is 9.96. The molecular weight excluding hydrogens is 1120 g/mol. The molecule has 0 aromatic heterocycles. The van der Waals surface area contributed by atoms with Crippen LogP contribution in [0.15, 0.2) is 0 Å². The number of rotatable bonds is 56. The monoisotopic (exact) mass is 1250 g/mol. The van der Waals surface area contributed by atoms with Crippen LogP contribution in [0.2, 0.25) is 0 Å². The normalized spacial score (nSPS) is 28.5. The lowest BCUT2D eigenvalue weighted by Crippen LogP contribution is -2.66. The first-order valence-corrected chi connectivity index (χ1v) is 35.8. The highest BCUT2D eigenvalue weighted by Gasteiger charge is 2.53. The van der Waals surface area contributed by atoms with Gasteiger partial charge in [0, 0.05) is 6.42 Å². The third kappa shape index (κ3) is 33.5. The van der Waals surface area contributed by atoms with Crippen molar-refractivity contribution in [2.45, 2.75) is 401 Å². The van der Waals surface area contributed by atoms with Crippen LogP contribution in [0.3, 0.4) is 0 Å². The predicted octanol–water partition coefficient (Wildman–Crippen LogP) is 9.50. The first-order valence-electron chi connectivity index (χ1n) is 35.8. The molecule has 0 saturated carbocycles. The van der Waals surface area contributed by atoms with Crippen LogP contribution in [0.4, 0.5) is 0 Å². The number of aliphatic hydroxyl groups excluding tert-OH is 11. The van der Waals surface area contributed by atoms with Crippen molar-refractivity contribution in [3.05, 3.63) is 0 Å². The molecule has 0 aromatic rings. The number of carbonyl (C=O) groups excluding carboxylic acids is 1. The van der Waals surface area contributed by atoms with Gasteiger partial charge in [0.05, 0.1) is 38.6 Å². The summed E-state index contributed by atoms with van der Waals surface area (Å²) in [5.74, 6) is -0.236. The van der Waals surface area contributed by atoms with E-state index in [0.717, 1.165) is 44.9 Å². The maximum atomic E-state index is 13.4. The molecule has 17 atom stereocenters. The van der Waals surface area contributed by atoms with Gasteiger partial charge in [-0.25, -0.2) is 0 Å². The average Bonchev–Trinajstić information content (AvgIpc) is 1.38. The third-order valence-corrected chi connectivity index (χ3v) is 18.4. The molecule has 3 rings (SSSR count). The van der Waals surface area contributed by atoms with Gasteiger partial charge in [-0.1, -0.05) is 277 Å². The fourth-order valence-corrected chi connectivity index (χ4v) is 12.6. The van der Waals surface area contributed by atoms with Gasteiger partial charge in [0.15, 0.2) is 18.9 Å².